The Morgan fingerprint density at radius 3 is 2.45 bits per heavy atom. The lowest BCUT2D eigenvalue weighted by Crippen LogP contribution is -2.03. The summed E-state index contributed by atoms with van der Waals surface area (Å²) in [5, 5.41) is 1.88. The highest BCUT2D eigenvalue weighted by atomic mass is 79.9. The molecule has 5 heteroatoms. The van der Waals surface area contributed by atoms with Crippen molar-refractivity contribution < 1.29 is 14.3 Å². The summed E-state index contributed by atoms with van der Waals surface area (Å²) in [6, 6.07) is 7.16. The Morgan fingerprint density at radius 1 is 1.15 bits per heavy atom. The predicted molar refractivity (Wildman–Crippen MR) is 84.2 cm³/mol. The number of halogens is 1. The van der Waals surface area contributed by atoms with Crippen molar-refractivity contribution in [3.63, 3.8) is 0 Å². The summed E-state index contributed by atoms with van der Waals surface area (Å²) >= 11 is 4.80. The van der Waals surface area contributed by atoms with Crippen LogP contribution in [0.1, 0.15) is 29.1 Å². The average molecular weight is 355 g/mol. The standard InChI is InChI=1S/C15H15BrO3S/c1-3-18-12-6-5-10(9-13(12)19-4-2)14(17)15-11(16)7-8-20-15/h5-9H,3-4H2,1-2H3. The van der Waals surface area contributed by atoms with E-state index in [0.29, 0.717) is 35.2 Å². The molecule has 3 nitrogen and oxygen atoms in total. The van der Waals surface area contributed by atoms with E-state index in [2.05, 4.69) is 15.9 Å². The zero-order chi connectivity index (χ0) is 14.5. The van der Waals surface area contributed by atoms with Crippen molar-refractivity contribution in [3.05, 3.63) is 44.6 Å². The van der Waals surface area contributed by atoms with Gasteiger partial charge in [0.25, 0.3) is 0 Å². The molecule has 1 aromatic heterocycles. The Labute approximate surface area is 130 Å². The number of hydrogen-bond acceptors (Lipinski definition) is 4. The van der Waals surface area contributed by atoms with Crippen LogP contribution in [0.4, 0.5) is 0 Å². The molecule has 0 aliphatic carbocycles. The SMILES string of the molecule is CCOc1ccc(C(=O)c2sccc2Br)cc1OCC. The van der Waals surface area contributed by atoms with Gasteiger partial charge in [0, 0.05) is 10.0 Å². The van der Waals surface area contributed by atoms with Crippen LogP contribution in [0.2, 0.25) is 0 Å². The number of ketones is 1. The van der Waals surface area contributed by atoms with E-state index in [-0.39, 0.29) is 5.78 Å². The molecule has 0 saturated carbocycles. The van der Waals surface area contributed by atoms with Crippen molar-refractivity contribution >= 4 is 33.0 Å². The van der Waals surface area contributed by atoms with Crippen LogP contribution >= 0.6 is 27.3 Å². The zero-order valence-electron chi connectivity index (χ0n) is 11.3. The first kappa shape index (κ1) is 15.1. The fourth-order valence-corrected chi connectivity index (χ4v) is 3.29. The number of ether oxygens (including phenoxy) is 2. The van der Waals surface area contributed by atoms with Crippen molar-refractivity contribution in [1.82, 2.24) is 0 Å². The van der Waals surface area contributed by atoms with Gasteiger partial charge in [-0.15, -0.1) is 11.3 Å². The van der Waals surface area contributed by atoms with Crippen LogP contribution in [0, 0.1) is 0 Å². The summed E-state index contributed by atoms with van der Waals surface area (Å²) in [5.41, 5.74) is 0.597. The first-order valence-corrected chi connectivity index (χ1v) is 8.02. The van der Waals surface area contributed by atoms with Crippen LogP contribution < -0.4 is 9.47 Å². The molecule has 106 valence electrons. The molecule has 0 aliphatic rings. The van der Waals surface area contributed by atoms with E-state index in [1.165, 1.54) is 11.3 Å². The van der Waals surface area contributed by atoms with Crippen LogP contribution in [-0.4, -0.2) is 19.0 Å². The number of rotatable bonds is 6. The highest BCUT2D eigenvalue weighted by Gasteiger charge is 2.16. The molecule has 20 heavy (non-hydrogen) atoms. The molecule has 0 fully saturated rings. The van der Waals surface area contributed by atoms with Crippen molar-refractivity contribution in [3.8, 4) is 11.5 Å². The van der Waals surface area contributed by atoms with Gasteiger partial charge >= 0.3 is 0 Å². The van der Waals surface area contributed by atoms with Gasteiger partial charge in [0.1, 0.15) is 0 Å². The number of carbonyl (C=O) groups excluding carboxylic acids is 1. The molecule has 2 aromatic rings. The Bertz CT molecular complexity index is 607. The van der Waals surface area contributed by atoms with Crippen LogP contribution in [0.3, 0.4) is 0 Å². The van der Waals surface area contributed by atoms with Gasteiger partial charge in [0.05, 0.1) is 18.1 Å². The summed E-state index contributed by atoms with van der Waals surface area (Å²) in [7, 11) is 0. The Kier molecular flexibility index (Phi) is 5.20. The normalized spacial score (nSPS) is 10.3. The van der Waals surface area contributed by atoms with E-state index in [9.17, 15) is 4.79 Å². The molecular formula is C15H15BrO3S. The van der Waals surface area contributed by atoms with Crippen molar-refractivity contribution in [2.45, 2.75) is 13.8 Å². The molecular weight excluding hydrogens is 340 g/mol. The van der Waals surface area contributed by atoms with E-state index >= 15 is 0 Å². The van der Waals surface area contributed by atoms with Crippen LogP contribution in [0.25, 0.3) is 0 Å². The molecule has 0 atom stereocenters. The van der Waals surface area contributed by atoms with Gasteiger partial charge in [0.2, 0.25) is 5.78 Å². The van der Waals surface area contributed by atoms with Crippen LogP contribution in [0.15, 0.2) is 34.1 Å². The number of hydrogen-bond donors (Lipinski definition) is 0. The lowest BCUT2D eigenvalue weighted by Gasteiger charge is -2.11. The third kappa shape index (κ3) is 3.22. The maximum Gasteiger partial charge on any atom is 0.204 e. The minimum absolute atomic E-state index is 0.0177. The molecule has 0 spiro atoms. The zero-order valence-corrected chi connectivity index (χ0v) is 13.7. The predicted octanol–water partition coefficient (Wildman–Crippen LogP) is 4.54. The third-order valence-electron chi connectivity index (χ3n) is 2.63. The Morgan fingerprint density at radius 2 is 1.85 bits per heavy atom. The fraction of sp³-hybridized carbons (Fsp3) is 0.267. The van der Waals surface area contributed by atoms with E-state index < -0.39 is 0 Å². The van der Waals surface area contributed by atoms with E-state index in [1.807, 2.05) is 25.3 Å². The monoisotopic (exact) mass is 354 g/mol. The summed E-state index contributed by atoms with van der Waals surface area (Å²) in [5.74, 6) is 1.25. The minimum Gasteiger partial charge on any atom is -0.490 e. The molecule has 2 rings (SSSR count). The second kappa shape index (κ2) is 6.90. The maximum absolute atomic E-state index is 12.4. The third-order valence-corrected chi connectivity index (χ3v) is 4.47. The van der Waals surface area contributed by atoms with Crippen LogP contribution in [0.5, 0.6) is 11.5 Å². The van der Waals surface area contributed by atoms with E-state index in [4.69, 9.17) is 9.47 Å². The van der Waals surface area contributed by atoms with Gasteiger partial charge in [-0.05, 0) is 59.4 Å². The molecule has 0 unspecified atom stereocenters. The smallest absolute Gasteiger partial charge is 0.204 e. The van der Waals surface area contributed by atoms with E-state index in [0.717, 1.165) is 4.47 Å². The van der Waals surface area contributed by atoms with Gasteiger partial charge in [0.15, 0.2) is 11.5 Å². The largest absolute Gasteiger partial charge is 0.490 e. The summed E-state index contributed by atoms with van der Waals surface area (Å²) in [6.45, 7) is 4.90. The maximum atomic E-state index is 12.4. The van der Waals surface area contributed by atoms with Gasteiger partial charge < -0.3 is 9.47 Å². The fourth-order valence-electron chi connectivity index (χ4n) is 1.78. The van der Waals surface area contributed by atoms with E-state index in [1.54, 1.807) is 18.2 Å². The van der Waals surface area contributed by atoms with Crippen molar-refractivity contribution in [2.75, 3.05) is 13.2 Å². The van der Waals surface area contributed by atoms with Gasteiger partial charge in [-0.25, -0.2) is 0 Å². The Hall–Kier alpha value is -1.33. The summed E-state index contributed by atoms with van der Waals surface area (Å²) in [4.78, 5) is 13.1. The Balaban J connectivity index is 2.35. The van der Waals surface area contributed by atoms with Gasteiger partial charge in [-0.3, -0.25) is 4.79 Å². The number of thiophene rings is 1. The lowest BCUT2D eigenvalue weighted by atomic mass is 10.1. The van der Waals surface area contributed by atoms with Gasteiger partial charge in [-0.2, -0.15) is 0 Å². The molecule has 1 heterocycles. The topological polar surface area (TPSA) is 35.5 Å². The highest BCUT2D eigenvalue weighted by Crippen LogP contribution is 2.31. The first-order chi connectivity index (χ1) is 9.67. The summed E-state index contributed by atoms with van der Waals surface area (Å²) < 4.78 is 11.9. The van der Waals surface area contributed by atoms with Crippen molar-refractivity contribution in [1.29, 1.82) is 0 Å². The molecule has 0 bridgehead atoms. The van der Waals surface area contributed by atoms with Crippen LogP contribution in [-0.2, 0) is 0 Å². The number of carbonyl (C=O) groups is 1. The summed E-state index contributed by atoms with van der Waals surface area (Å²) in [6.07, 6.45) is 0. The van der Waals surface area contributed by atoms with Gasteiger partial charge in [-0.1, -0.05) is 0 Å². The highest BCUT2D eigenvalue weighted by molar-refractivity contribution is 9.10. The second-order valence-electron chi connectivity index (χ2n) is 3.95. The molecule has 0 amide bonds. The minimum atomic E-state index is -0.0177. The molecule has 0 radical (unpaired) electrons. The lowest BCUT2D eigenvalue weighted by molar-refractivity contribution is 0.104. The average Bonchev–Trinajstić information content (AvgIpc) is 2.86. The molecule has 1 aromatic carbocycles. The quantitative estimate of drug-likeness (QED) is 0.714. The first-order valence-electron chi connectivity index (χ1n) is 6.34. The molecule has 0 aliphatic heterocycles. The number of benzene rings is 1. The second-order valence-corrected chi connectivity index (χ2v) is 5.72. The molecule has 0 saturated heterocycles. The molecule has 0 N–H and O–H groups in total. The van der Waals surface area contributed by atoms with Crippen molar-refractivity contribution in [2.24, 2.45) is 0 Å².